The zero-order chi connectivity index (χ0) is 13.0. The maximum absolute atomic E-state index is 5.73. The Kier molecular flexibility index (Phi) is 4.17. The van der Waals surface area contributed by atoms with Crippen LogP contribution in [0.5, 0.6) is 0 Å². The molecule has 0 atom stereocenters. The lowest BCUT2D eigenvalue weighted by Gasteiger charge is -2.25. The number of nitrogens with two attached hydrogens (primary N) is 1. The predicted molar refractivity (Wildman–Crippen MR) is 73.6 cm³/mol. The topological polar surface area (TPSA) is 80.0 Å². The van der Waals surface area contributed by atoms with E-state index in [0.717, 1.165) is 25.6 Å². The summed E-state index contributed by atoms with van der Waals surface area (Å²) in [7, 11) is 0. The van der Waals surface area contributed by atoms with Crippen LogP contribution in [-0.4, -0.2) is 34.6 Å². The minimum Gasteiger partial charge on any atom is -0.368 e. The van der Waals surface area contributed by atoms with Crippen molar-refractivity contribution < 1.29 is 0 Å². The van der Waals surface area contributed by atoms with E-state index in [4.69, 9.17) is 5.73 Å². The molecule has 0 spiro atoms. The van der Waals surface area contributed by atoms with E-state index in [1.165, 1.54) is 19.3 Å². The summed E-state index contributed by atoms with van der Waals surface area (Å²) in [6.07, 6.45) is 3.95. The van der Waals surface area contributed by atoms with E-state index >= 15 is 0 Å². The van der Waals surface area contributed by atoms with Gasteiger partial charge in [0.05, 0.1) is 0 Å². The number of rotatable bonds is 6. The minimum atomic E-state index is 0.281. The number of nitrogens with one attached hydrogen (secondary N) is 1. The van der Waals surface area contributed by atoms with Gasteiger partial charge < -0.3 is 16.0 Å². The third kappa shape index (κ3) is 3.00. The van der Waals surface area contributed by atoms with Crippen LogP contribution < -0.4 is 16.0 Å². The summed E-state index contributed by atoms with van der Waals surface area (Å²) in [4.78, 5) is 14.8. The Bertz CT molecular complexity index is 386. The fourth-order valence-corrected chi connectivity index (χ4v) is 2.04. The minimum absolute atomic E-state index is 0.281. The third-order valence-electron chi connectivity index (χ3n) is 3.46. The van der Waals surface area contributed by atoms with Crippen LogP contribution in [0.3, 0.4) is 0 Å². The zero-order valence-electron chi connectivity index (χ0n) is 11.2. The highest BCUT2D eigenvalue weighted by molar-refractivity contribution is 5.41. The van der Waals surface area contributed by atoms with Crippen molar-refractivity contribution in [1.29, 1.82) is 0 Å². The number of nitrogen functional groups attached to an aromatic ring is 1. The SMILES string of the molecule is CCN(CC)c1nc(N)nc(NCC2CCC2)n1. The van der Waals surface area contributed by atoms with Crippen LogP contribution in [0, 0.1) is 5.92 Å². The first-order valence-electron chi connectivity index (χ1n) is 6.73. The Hall–Kier alpha value is -1.59. The first-order valence-corrected chi connectivity index (χ1v) is 6.73. The van der Waals surface area contributed by atoms with Gasteiger partial charge in [0.15, 0.2) is 0 Å². The molecule has 6 nitrogen and oxygen atoms in total. The quantitative estimate of drug-likeness (QED) is 0.796. The average Bonchev–Trinajstić information content (AvgIpc) is 2.28. The van der Waals surface area contributed by atoms with Crippen LogP contribution in [-0.2, 0) is 0 Å². The number of aromatic nitrogens is 3. The molecule has 0 bridgehead atoms. The van der Waals surface area contributed by atoms with E-state index in [0.29, 0.717) is 11.9 Å². The van der Waals surface area contributed by atoms with Crippen LogP contribution in [0.4, 0.5) is 17.8 Å². The molecule has 2 rings (SSSR count). The number of anilines is 3. The molecule has 100 valence electrons. The summed E-state index contributed by atoms with van der Waals surface area (Å²) in [6, 6.07) is 0. The highest BCUT2D eigenvalue weighted by Crippen LogP contribution is 2.26. The molecule has 1 aliphatic rings. The monoisotopic (exact) mass is 250 g/mol. The van der Waals surface area contributed by atoms with Gasteiger partial charge in [0.1, 0.15) is 0 Å². The van der Waals surface area contributed by atoms with Crippen molar-refractivity contribution in [2.24, 2.45) is 5.92 Å². The van der Waals surface area contributed by atoms with Crippen molar-refractivity contribution in [1.82, 2.24) is 15.0 Å². The van der Waals surface area contributed by atoms with Crippen LogP contribution in [0.25, 0.3) is 0 Å². The molecule has 6 heteroatoms. The molecule has 0 aromatic carbocycles. The fourth-order valence-electron chi connectivity index (χ4n) is 2.04. The maximum Gasteiger partial charge on any atom is 0.231 e. The second kappa shape index (κ2) is 5.84. The van der Waals surface area contributed by atoms with Crippen LogP contribution in [0.15, 0.2) is 0 Å². The molecule has 1 heterocycles. The Labute approximate surface area is 108 Å². The van der Waals surface area contributed by atoms with E-state index in [9.17, 15) is 0 Å². The molecule has 3 N–H and O–H groups in total. The van der Waals surface area contributed by atoms with Gasteiger partial charge in [0.2, 0.25) is 17.8 Å². The van der Waals surface area contributed by atoms with Crippen molar-refractivity contribution in [3.63, 3.8) is 0 Å². The molecule has 0 amide bonds. The number of hydrogen-bond acceptors (Lipinski definition) is 6. The van der Waals surface area contributed by atoms with Crippen molar-refractivity contribution in [2.75, 3.05) is 35.6 Å². The molecule has 1 aromatic rings. The average molecular weight is 250 g/mol. The van der Waals surface area contributed by atoms with Crippen molar-refractivity contribution in [3.8, 4) is 0 Å². The van der Waals surface area contributed by atoms with Crippen molar-refractivity contribution in [2.45, 2.75) is 33.1 Å². The highest BCUT2D eigenvalue weighted by Gasteiger charge is 2.17. The Morgan fingerprint density at radius 3 is 2.50 bits per heavy atom. The van der Waals surface area contributed by atoms with Gasteiger partial charge in [-0.1, -0.05) is 6.42 Å². The zero-order valence-corrected chi connectivity index (χ0v) is 11.2. The molecule has 0 unspecified atom stereocenters. The summed E-state index contributed by atoms with van der Waals surface area (Å²) in [5, 5.41) is 3.26. The van der Waals surface area contributed by atoms with Gasteiger partial charge in [-0.3, -0.25) is 0 Å². The maximum atomic E-state index is 5.73. The molecule has 18 heavy (non-hydrogen) atoms. The van der Waals surface area contributed by atoms with Crippen LogP contribution in [0.2, 0.25) is 0 Å². The summed E-state index contributed by atoms with van der Waals surface area (Å²) < 4.78 is 0. The Morgan fingerprint density at radius 1 is 1.22 bits per heavy atom. The van der Waals surface area contributed by atoms with E-state index in [2.05, 4.69) is 39.0 Å². The van der Waals surface area contributed by atoms with Crippen LogP contribution in [0.1, 0.15) is 33.1 Å². The molecule has 1 saturated carbocycles. The molecule has 1 aromatic heterocycles. The van der Waals surface area contributed by atoms with Crippen molar-refractivity contribution >= 4 is 17.8 Å². The lowest BCUT2D eigenvalue weighted by Crippen LogP contribution is -2.26. The third-order valence-corrected chi connectivity index (χ3v) is 3.46. The molecular weight excluding hydrogens is 228 g/mol. The van der Waals surface area contributed by atoms with E-state index in [1.807, 2.05) is 0 Å². The molecule has 0 aliphatic heterocycles. The first kappa shape index (κ1) is 12.9. The van der Waals surface area contributed by atoms with Gasteiger partial charge in [-0.2, -0.15) is 15.0 Å². The summed E-state index contributed by atoms with van der Waals surface area (Å²) >= 11 is 0. The Morgan fingerprint density at radius 2 is 1.94 bits per heavy atom. The smallest absolute Gasteiger partial charge is 0.231 e. The van der Waals surface area contributed by atoms with Gasteiger partial charge in [-0.25, -0.2) is 0 Å². The fraction of sp³-hybridized carbons (Fsp3) is 0.750. The number of nitrogens with zero attached hydrogens (tertiary/aromatic N) is 4. The van der Waals surface area contributed by atoms with Crippen molar-refractivity contribution in [3.05, 3.63) is 0 Å². The summed E-state index contributed by atoms with van der Waals surface area (Å²) in [5.74, 6) is 2.29. The van der Waals surface area contributed by atoms with Gasteiger partial charge in [0.25, 0.3) is 0 Å². The lowest BCUT2D eigenvalue weighted by molar-refractivity contribution is 0.333. The normalized spacial score (nSPS) is 15.2. The molecule has 0 saturated heterocycles. The predicted octanol–water partition coefficient (Wildman–Crippen LogP) is 1.51. The van der Waals surface area contributed by atoms with E-state index in [-0.39, 0.29) is 5.95 Å². The van der Waals surface area contributed by atoms with Crippen LogP contribution >= 0.6 is 0 Å². The summed E-state index contributed by atoms with van der Waals surface area (Å²) in [6.45, 7) is 6.81. The van der Waals surface area contributed by atoms with Gasteiger partial charge in [0, 0.05) is 19.6 Å². The summed E-state index contributed by atoms with van der Waals surface area (Å²) in [5.41, 5.74) is 5.73. The van der Waals surface area contributed by atoms with Gasteiger partial charge in [-0.15, -0.1) is 0 Å². The first-order chi connectivity index (χ1) is 8.72. The number of hydrogen-bond donors (Lipinski definition) is 2. The molecule has 1 aliphatic carbocycles. The lowest BCUT2D eigenvalue weighted by atomic mass is 9.85. The molecular formula is C12H22N6. The van der Waals surface area contributed by atoms with E-state index < -0.39 is 0 Å². The largest absolute Gasteiger partial charge is 0.368 e. The van der Waals surface area contributed by atoms with Gasteiger partial charge >= 0.3 is 0 Å². The Balaban J connectivity index is 2.04. The van der Waals surface area contributed by atoms with Gasteiger partial charge in [-0.05, 0) is 32.6 Å². The second-order valence-corrected chi connectivity index (χ2v) is 4.67. The van der Waals surface area contributed by atoms with E-state index in [1.54, 1.807) is 0 Å². The highest BCUT2D eigenvalue weighted by atomic mass is 15.3. The molecule has 1 fully saturated rings. The standard InChI is InChI=1S/C12H22N6/c1-3-18(4-2)12-16-10(13)15-11(17-12)14-8-9-6-5-7-9/h9H,3-8H2,1-2H3,(H3,13,14,15,16,17). The second-order valence-electron chi connectivity index (χ2n) is 4.67. The molecule has 0 radical (unpaired) electrons.